The zero-order valence-corrected chi connectivity index (χ0v) is 18.6. The van der Waals surface area contributed by atoms with Crippen LogP contribution in [0, 0.1) is 0 Å². The highest BCUT2D eigenvalue weighted by atomic mass is 16.5. The van der Waals surface area contributed by atoms with Crippen LogP contribution in [0.2, 0.25) is 0 Å². The Labute approximate surface area is 179 Å². The standard InChI is InChI=1S/C24H34N2O4/c1-18(27)5-6-19-7-11-23(12-8-19)30-17-21(28)15-25-16-24(26(2)3)20-9-13-22(29-4)14-10-20/h7-14,21,24-25,28H,5-6,15-17H2,1-4H3/p+2/t21-,24-/m1/s1. The summed E-state index contributed by atoms with van der Waals surface area (Å²) in [6.07, 6.45) is 0.758. The molecule has 0 aliphatic carbocycles. The first-order valence-corrected chi connectivity index (χ1v) is 10.5. The summed E-state index contributed by atoms with van der Waals surface area (Å²) in [4.78, 5) is 12.4. The lowest BCUT2D eigenvalue weighted by molar-refractivity contribution is -0.909. The zero-order chi connectivity index (χ0) is 21.9. The second kappa shape index (κ2) is 12.3. The van der Waals surface area contributed by atoms with Gasteiger partial charge >= 0.3 is 0 Å². The van der Waals surface area contributed by atoms with Crippen molar-refractivity contribution in [2.24, 2.45) is 0 Å². The van der Waals surface area contributed by atoms with E-state index in [-0.39, 0.29) is 12.4 Å². The smallest absolute Gasteiger partial charge is 0.162 e. The van der Waals surface area contributed by atoms with Gasteiger partial charge < -0.3 is 29.6 Å². The van der Waals surface area contributed by atoms with Crippen molar-refractivity contribution in [3.8, 4) is 11.5 Å². The molecule has 0 aliphatic heterocycles. The van der Waals surface area contributed by atoms with Crippen LogP contribution in [0.5, 0.6) is 11.5 Å². The second-order valence-corrected chi connectivity index (χ2v) is 7.97. The van der Waals surface area contributed by atoms with Crippen molar-refractivity contribution < 1.29 is 29.6 Å². The summed E-state index contributed by atoms with van der Waals surface area (Å²) in [6.45, 7) is 3.31. The molecule has 2 rings (SSSR count). The predicted molar refractivity (Wildman–Crippen MR) is 117 cm³/mol. The molecule has 0 spiro atoms. The minimum Gasteiger partial charge on any atom is -0.497 e. The van der Waals surface area contributed by atoms with Crippen molar-refractivity contribution in [3.63, 3.8) is 0 Å². The van der Waals surface area contributed by atoms with E-state index in [1.54, 1.807) is 14.0 Å². The van der Waals surface area contributed by atoms with Crippen LogP contribution in [-0.4, -0.2) is 57.9 Å². The van der Waals surface area contributed by atoms with Gasteiger partial charge in [-0.05, 0) is 55.3 Å². The number of aliphatic hydroxyl groups excluding tert-OH is 1. The first-order chi connectivity index (χ1) is 14.4. The Morgan fingerprint density at radius 2 is 1.67 bits per heavy atom. The largest absolute Gasteiger partial charge is 0.497 e. The summed E-state index contributed by atoms with van der Waals surface area (Å²) < 4.78 is 10.9. The van der Waals surface area contributed by atoms with Gasteiger partial charge in [-0.1, -0.05) is 12.1 Å². The third-order valence-electron chi connectivity index (χ3n) is 5.19. The van der Waals surface area contributed by atoms with Crippen molar-refractivity contribution >= 4 is 5.78 Å². The lowest BCUT2D eigenvalue weighted by Gasteiger charge is -2.21. The van der Waals surface area contributed by atoms with Crippen molar-refractivity contribution in [1.82, 2.24) is 0 Å². The number of nitrogens with two attached hydrogens (primary N) is 1. The van der Waals surface area contributed by atoms with Crippen LogP contribution in [0.1, 0.15) is 30.5 Å². The molecule has 0 aromatic heterocycles. The molecule has 0 saturated heterocycles. The van der Waals surface area contributed by atoms with Crippen LogP contribution >= 0.6 is 0 Å². The summed E-state index contributed by atoms with van der Waals surface area (Å²) in [5, 5.41) is 12.4. The fourth-order valence-corrected chi connectivity index (χ4v) is 3.33. The molecule has 0 fully saturated rings. The van der Waals surface area contributed by atoms with E-state index >= 15 is 0 Å². The van der Waals surface area contributed by atoms with Crippen molar-refractivity contribution in [3.05, 3.63) is 59.7 Å². The Balaban J connectivity index is 1.74. The number of ether oxygens (including phenoxy) is 2. The van der Waals surface area contributed by atoms with E-state index in [0.29, 0.717) is 19.0 Å². The molecule has 30 heavy (non-hydrogen) atoms. The van der Waals surface area contributed by atoms with Crippen LogP contribution < -0.4 is 19.7 Å². The number of aliphatic hydroxyl groups is 1. The van der Waals surface area contributed by atoms with Gasteiger partial charge in [0.2, 0.25) is 0 Å². The van der Waals surface area contributed by atoms with Crippen LogP contribution in [0.15, 0.2) is 48.5 Å². The van der Waals surface area contributed by atoms with E-state index < -0.39 is 6.10 Å². The van der Waals surface area contributed by atoms with Gasteiger partial charge in [0.25, 0.3) is 0 Å². The maximum atomic E-state index is 11.1. The fraction of sp³-hybridized carbons (Fsp3) is 0.458. The average Bonchev–Trinajstić information content (AvgIpc) is 2.74. The van der Waals surface area contributed by atoms with Gasteiger partial charge in [0, 0.05) is 12.0 Å². The monoisotopic (exact) mass is 416 g/mol. The number of ketones is 1. The summed E-state index contributed by atoms with van der Waals surface area (Å²) in [7, 11) is 5.95. The molecular weight excluding hydrogens is 380 g/mol. The fourth-order valence-electron chi connectivity index (χ4n) is 3.33. The third-order valence-corrected chi connectivity index (χ3v) is 5.19. The molecule has 0 saturated carbocycles. The van der Waals surface area contributed by atoms with Gasteiger partial charge in [-0.3, -0.25) is 0 Å². The minimum atomic E-state index is -0.545. The molecule has 0 amide bonds. The van der Waals surface area contributed by atoms with Gasteiger partial charge in [-0.2, -0.15) is 0 Å². The number of Topliss-reactive ketones (excluding diaryl/α,β-unsaturated/α-hetero) is 1. The first-order valence-electron chi connectivity index (χ1n) is 10.5. The third kappa shape index (κ3) is 8.14. The quantitative estimate of drug-likeness (QED) is 0.442. The zero-order valence-electron chi connectivity index (χ0n) is 18.6. The Bertz CT molecular complexity index is 760. The van der Waals surface area contributed by atoms with Crippen molar-refractivity contribution in [2.45, 2.75) is 31.9 Å². The van der Waals surface area contributed by atoms with Gasteiger partial charge in [0.15, 0.2) is 6.04 Å². The number of hydrogen-bond acceptors (Lipinski definition) is 4. The van der Waals surface area contributed by atoms with Gasteiger partial charge in [0.05, 0.1) is 21.2 Å². The summed E-state index contributed by atoms with van der Waals surface area (Å²) in [5.41, 5.74) is 2.37. The minimum absolute atomic E-state index is 0.194. The van der Waals surface area contributed by atoms with E-state index in [1.807, 2.05) is 36.4 Å². The Morgan fingerprint density at radius 1 is 1.03 bits per heavy atom. The molecule has 0 radical (unpaired) electrons. The van der Waals surface area contributed by atoms with E-state index in [2.05, 4.69) is 31.5 Å². The SMILES string of the molecule is COc1ccc([C@@H](C[NH2+]C[C@@H](O)COc2ccc(CCC(C)=O)cc2)[NH+](C)C)cc1. The van der Waals surface area contributed by atoms with Crippen LogP contribution in [0.25, 0.3) is 0 Å². The second-order valence-electron chi connectivity index (χ2n) is 7.97. The molecule has 2 aromatic carbocycles. The van der Waals surface area contributed by atoms with Crippen molar-refractivity contribution in [1.29, 1.82) is 0 Å². The molecule has 2 aromatic rings. The lowest BCUT2D eigenvalue weighted by atomic mass is 10.1. The van der Waals surface area contributed by atoms with Gasteiger partial charge in [0.1, 0.15) is 43.1 Å². The molecule has 0 heterocycles. The molecule has 6 nitrogen and oxygen atoms in total. The number of aryl methyl sites for hydroxylation is 1. The van der Waals surface area contributed by atoms with E-state index in [9.17, 15) is 9.90 Å². The molecule has 0 bridgehead atoms. The Morgan fingerprint density at radius 3 is 2.23 bits per heavy atom. The van der Waals surface area contributed by atoms with Gasteiger partial charge in [-0.15, -0.1) is 0 Å². The molecular formula is C24H36N2O4+2. The van der Waals surface area contributed by atoms with Crippen LogP contribution in [0.3, 0.4) is 0 Å². The maximum Gasteiger partial charge on any atom is 0.162 e. The maximum absolute atomic E-state index is 11.1. The van der Waals surface area contributed by atoms with Gasteiger partial charge in [-0.25, -0.2) is 0 Å². The van der Waals surface area contributed by atoms with E-state index in [1.165, 1.54) is 10.5 Å². The Kier molecular flexibility index (Phi) is 9.80. The highest BCUT2D eigenvalue weighted by Crippen LogP contribution is 2.15. The molecule has 0 unspecified atom stereocenters. The summed E-state index contributed by atoms with van der Waals surface area (Å²) >= 11 is 0. The van der Waals surface area contributed by atoms with E-state index in [0.717, 1.165) is 30.0 Å². The average molecular weight is 417 g/mol. The molecule has 4 N–H and O–H groups in total. The number of nitrogens with one attached hydrogen (secondary N) is 1. The van der Waals surface area contributed by atoms with Crippen LogP contribution in [0.4, 0.5) is 0 Å². The lowest BCUT2D eigenvalue weighted by Crippen LogP contribution is -3.09. The molecule has 2 atom stereocenters. The number of carbonyl (C=O) groups excluding carboxylic acids is 1. The molecule has 6 heteroatoms. The topological polar surface area (TPSA) is 76.8 Å². The number of rotatable bonds is 13. The number of hydrogen-bond donors (Lipinski definition) is 3. The van der Waals surface area contributed by atoms with Crippen molar-refractivity contribution in [2.75, 3.05) is 40.9 Å². The summed E-state index contributed by atoms with van der Waals surface area (Å²) in [6, 6.07) is 16.2. The normalized spacial score (nSPS) is 13.1. The number of likely N-dealkylation sites (N-methyl/N-ethyl adjacent to an activating group) is 1. The molecule has 0 aliphatic rings. The highest BCUT2D eigenvalue weighted by Gasteiger charge is 2.20. The predicted octanol–water partition coefficient (Wildman–Crippen LogP) is 0.406. The van der Waals surface area contributed by atoms with Crippen LogP contribution in [-0.2, 0) is 11.2 Å². The Hall–Kier alpha value is -2.41. The van der Waals surface area contributed by atoms with E-state index in [4.69, 9.17) is 9.47 Å². The molecule has 164 valence electrons. The summed E-state index contributed by atoms with van der Waals surface area (Å²) in [5.74, 6) is 1.78. The first kappa shape index (κ1) is 23.9. The number of quaternary nitrogens is 2. The number of benzene rings is 2. The number of carbonyl (C=O) groups is 1. The number of methoxy groups -OCH3 is 1. The highest BCUT2D eigenvalue weighted by molar-refractivity contribution is 5.75.